The summed E-state index contributed by atoms with van der Waals surface area (Å²) in [6, 6.07) is 9.78. The lowest BCUT2D eigenvalue weighted by molar-refractivity contribution is 0.321. The van der Waals surface area contributed by atoms with E-state index in [-0.39, 0.29) is 22.3 Å². The van der Waals surface area contributed by atoms with E-state index in [1.54, 1.807) is 11.3 Å². The van der Waals surface area contributed by atoms with Crippen LogP contribution >= 0.6 is 34.0 Å². The van der Waals surface area contributed by atoms with Gasteiger partial charge in [0, 0.05) is 30.8 Å². The van der Waals surface area contributed by atoms with Crippen LogP contribution in [0, 0.1) is 45.3 Å². The van der Waals surface area contributed by atoms with E-state index in [9.17, 15) is 21.0 Å². The maximum atomic E-state index is 9.50. The van der Waals surface area contributed by atoms with Crippen molar-refractivity contribution in [1.29, 1.82) is 21.0 Å². The standard InChI is InChI=1S/C30H22N6S3/c31-13-17(14-32)35-21-11-19-23(29(21)7-3-1-4-8-29)24-27(37-19)28-25(30(24)9-5-2-6-10-30)26-20(38-28)12-22(39-26)36-18(15-33)16-34/h11-12H,1-10H2. The van der Waals surface area contributed by atoms with Crippen molar-refractivity contribution in [2.24, 2.45) is 9.98 Å². The van der Waals surface area contributed by atoms with Crippen LogP contribution in [-0.2, 0) is 10.8 Å². The van der Waals surface area contributed by atoms with Crippen molar-refractivity contribution < 1.29 is 0 Å². The molecule has 0 radical (unpaired) electrons. The van der Waals surface area contributed by atoms with Gasteiger partial charge in [-0.15, -0.1) is 34.0 Å². The molecule has 9 heteroatoms. The topological polar surface area (TPSA) is 120 Å². The number of nitrogens with zero attached hydrogens (tertiary/aromatic N) is 6. The van der Waals surface area contributed by atoms with Crippen molar-refractivity contribution >= 4 is 65.9 Å². The Morgan fingerprint density at radius 2 is 1.26 bits per heavy atom. The minimum Gasteiger partial charge on any atom is -0.231 e. The maximum Gasteiger partial charge on any atom is 0.219 e. The first kappa shape index (κ1) is 24.4. The van der Waals surface area contributed by atoms with E-state index < -0.39 is 0 Å². The number of hydrogen-bond donors (Lipinski definition) is 0. The quantitative estimate of drug-likeness (QED) is 0.291. The highest BCUT2D eigenvalue weighted by atomic mass is 32.1. The maximum absolute atomic E-state index is 9.50. The Labute approximate surface area is 238 Å². The molecule has 0 amide bonds. The largest absolute Gasteiger partial charge is 0.231 e. The SMILES string of the molecule is N#CC(C#N)=NC1=Cc2sc3c(c2C12CCCCC2)C1(CCCCC1)c1c-3sc2cc(N=C(C#N)C#N)sc12. The van der Waals surface area contributed by atoms with Gasteiger partial charge in [-0.3, -0.25) is 0 Å². The molecule has 0 saturated heterocycles. The number of hydrogen-bond acceptors (Lipinski definition) is 9. The van der Waals surface area contributed by atoms with Crippen molar-refractivity contribution in [3.05, 3.63) is 33.3 Å². The Hall–Kier alpha value is -3.60. The van der Waals surface area contributed by atoms with Gasteiger partial charge in [0.2, 0.25) is 11.4 Å². The summed E-state index contributed by atoms with van der Waals surface area (Å²) in [4.78, 5) is 13.0. The van der Waals surface area contributed by atoms with Crippen molar-refractivity contribution in [2.45, 2.75) is 75.0 Å². The molecule has 0 aliphatic heterocycles. The van der Waals surface area contributed by atoms with Gasteiger partial charge in [0.1, 0.15) is 29.3 Å². The lowest BCUT2D eigenvalue weighted by Gasteiger charge is -2.41. The average molecular weight is 563 g/mol. The Morgan fingerprint density at radius 1 is 0.667 bits per heavy atom. The summed E-state index contributed by atoms with van der Waals surface area (Å²) in [5, 5.41) is 38.2. The summed E-state index contributed by atoms with van der Waals surface area (Å²) in [6.45, 7) is 0. The molecule has 0 bridgehead atoms. The highest BCUT2D eigenvalue weighted by molar-refractivity contribution is 7.33. The number of fused-ring (bicyclic) bond motifs is 10. The molecule has 2 spiro atoms. The van der Waals surface area contributed by atoms with Crippen LogP contribution in [-0.4, -0.2) is 11.4 Å². The zero-order valence-corrected chi connectivity index (χ0v) is 23.6. The van der Waals surface area contributed by atoms with Crippen molar-refractivity contribution in [3.63, 3.8) is 0 Å². The highest BCUT2D eigenvalue weighted by Gasteiger charge is 2.55. The van der Waals surface area contributed by atoms with Crippen LogP contribution in [0.5, 0.6) is 0 Å². The molecule has 2 fully saturated rings. The Kier molecular flexibility index (Phi) is 5.62. The fraction of sp³-hybridized carbons (Fsp3) is 0.400. The molecule has 190 valence electrons. The third kappa shape index (κ3) is 3.31. The molecule has 39 heavy (non-hydrogen) atoms. The summed E-state index contributed by atoms with van der Waals surface area (Å²) in [7, 11) is 0. The van der Waals surface area contributed by atoms with Gasteiger partial charge in [-0.25, -0.2) is 9.98 Å². The van der Waals surface area contributed by atoms with E-state index in [1.807, 2.05) is 53.0 Å². The summed E-state index contributed by atoms with van der Waals surface area (Å²) >= 11 is 5.29. The molecular weight excluding hydrogens is 541 g/mol. The zero-order valence-electron chi connectivity index (χ0n) is 21.1. The van der Waals surface area contributed by atoms with Crippen LogP contribution in [0.25, 0.3) is 25.2 Å². The molecule has 4 aliphatic carbocycles. The molecule has 6 nitrogen and oxygen atoms in total. The third-order valence-corrected chi connectivity index (χ3v) is 12.6. The third-order valence-electron chi connectivity index (χ3n) is 8.98. The van der Waals surface area contributed by atoms with Crippen LogP contribution in [0.15, 0.2) is 21.7 Å². The summed E-state index contributed by atoms with van der Waals surface area (Å²) in [5.41, 5.74) is 4.81. The molecule has 3 heterocycles. The monoisotopic (exact) mass is 562 g/mol. The summed E-state index contributed by atoms with van der Waals surface area (Å²) < 4.78 is 2.44. The van der Waals surface area contributed by atoms with E-state index in [4.69, 9.17) is 0 Å². The van der Waals surface area contributed by atoms with Crippen LogP contribution in [0.1, 0.15) is 85.8 Å². The molecule has 0 unspecified atom stereocenters. The predicted molar refractivity (Wildman–Crippen MR) is 157 cm³/mol. The van der Waals surface area contributed by atoms with Crippen molar-refractivity contribution in [3.8, 4) is 34.0 Å². The van der Waals surface area contributed by atoms with Crippen LogP contribution < -0.4 is 0 Å². The zero-order chi connectivity index (χ0) is 26.8. The van der Waals surface area contributed by atoms with Gasteiger partial charge in [-0.1, -0.05) is 38.5 Å². The number of aliphatic imine (C=N–C) groups is 2. The Morgan fingerprint density at radius 3 is 1.90 bits per heavy atom. The molecule has 0 N–H and O–H groups in total. The van der Waals surface area contributed by atoms with Gasteiger partial charge in [-0.2, -0.15) is 21.0 Å². The lowest BCUT2D eigenvalue weighted by atomic mass is 9.62. The van der Waals surface area contributed by atoms with Crippen LogP contribution in [0.3, 0.4) is 0 Å². The average Bonchev–Trinajstić information content (AvgIpc) is 3.73. The molecular formula is C30H22N6S3. The second-order valence-corrected chi connectivity index (χ2v) is 13.9. The second kappa shape index (κ2) is 8.97. The van der Waals surface area contributed by atoms with Crippen molar-refractivity contribution in [1.82, 2.24) is 0 Å². The molecule has 4 aliphatic rings. The molecule has 3 aromatic heterocycles. The molecule has 0 atom stereocenters. The Bertz CT molecular complexity index is 1790. The minimum absolute atomic E-state index is 0.0604. The number of rotatable bonds is 2. The highest BCUT2D eigenvalue weighted by Crippen LogP contribution is 2.69. The first-order valence-electron chi connectivity index (χ1n) is 13.3. The molecule has 7 rings (SSSR count). The second-order valence-electron chi connectivity index (χ2n) is 10.8. The van der Waals surface area contributed by atoms with E-state index in [2.05, 4.69) is 16.1 Å². The smallest absolute Gasteiger partial charge is 0.219 e. The molecule has 0 aromatic carbocycles. The fourth-order valence-corrected chi connectivity index (χ4v) is 11.8. The lowest BCUT2D eigenvalue weighted by Crippen LogP contribution is -2.35. The van der Waals surface area contributed by atoms with Gasteiger partial charge in [0.25, 0.3) is 0 Å². The van der Waals surface area contributed by atoms with E-state index in [1.165, 1.54) is 66.4 Å². The van der Waals surface area contributed by atoms with Gasteiger partial charge in [0.05, 0.1) is 15.3 Å². The molecule has 3 aromatic rings. The van der Waals surface area contributed by atoms with Crippen LogP contribution in [0.2, 0.25) is 0 Å². The van der Waals surface area contributed by atoms with Crippen LogP contribution in [0.4, 0.5) is 5.00 Å². The number of thiophene rings is 3. The predicted octanol–water partition coefficient (Wildman–Crippen LogP) is 8.42. The normalized spacial score (nSPS) is 19.2. The van der Waals surface area contributed by atoms with Gasteiger partial charge in [0.15, 0.2) is 0 Å². The first-order chi connectivity index (χ1) is 19.1. The number of allylic oxidation sites excluding steroid dienone is 1. The first-order valence-corrected chi connectivity index (χ1v) is 15.8. The van der Waals surface area contributed by atoms with E-state index in [0.717, 1.165) is 44.2 Å². The van der Waals surface area contributed by atoms with Gasteiger partial charge >= 0.3 is 0 Å². The van der Waals surface area contributed by atoms with E-state index in [0.29, 0.717) is 5.00 Å². The Balaban J connectivity index is 1.47. The van der Waals surface area contributed by atoms with Gasteiger partial charge in [-0.05, 0) is 49.0 Å². The summed E-state index contributed by atoms with van der Waals surface area (Å²) in [5.74, 6) is 0. The minimum atomic E-state index is -0.228. The van der Waals surface area contributed by atoms with Gasteiger partial charge < -0.3 is 0 Å². The van der Waals surface area contributed by atoms with E-state index >= 15 is 0 Å². The molecule has 2 saturated carbocycles. The number of nitriles is 4. The fourth-order valence-electron chi connectivity index (χ4n) is 7.52. The van der Waals surface area contributed by atoms with Crippen molar-refractivity contribution in [2.75, 3.05) is 0 Å². The summed E-state index contributed by atoms with van der Waals surface area (Å²) in [6.07, 6.45) is 13.5.